The summed E-state index contributed by atoms with van der Waals surface area (Å²) in [6.45, 7) is 6.45. The third-order valence-electron chi connectivity index (χ3n) is 4.49. The van der Waals surface area contributed by atoms with Gasteiger partial charge in [0.15, 0.2) is 0 Å². The molecule has 1 saturated heterocycles. The summed E-state index contributed by atoms with van der Waals surface area (Å²) in [6.07, 6.45) is -0.0492. The monoisotopic (exact) mass is 357 g/mol. The number of amides is 3. The van der Waals surface area contributed by atoms with Crippen molar-refractivity contribution in [2.45, 2.75) is 33.0 Å². The number of likely N-dealkylation sites (N-methyl/N-ethyl adjacent to an activating group) is 1. The molecule has 7 nitrogen and oxygen atoms in total. The minimum absolute atomic E-state index is 0.0246. The standard InChI is InChI=1S/C19H23N3O4/c1-11-9-22(10-12(2)26-11)17-16(18(24)21(4)19(17)25)14-5-7-15(8-6-14)20-13(3)23/h5-8,11-12H,9-10H2,1-4H3,(H,20,23). The zero-order valence-electron chi connectivity index (χ0n) is 15.4. The van der Waals surface area contributed by atoms with Crippen molar-refractivity contribution in [1.29, 1.82) is 0 Å². The molecule has 1 N–H and O–H groups in total. The van der Waals surface area contributed by atoms with Crippen LogP contribution in [-0.2, 0) is 19.1 Å². The molecule has 0 spiro atoms. The molecule has 3 amide bonds. The number of benzene rings is 1. The molecular formula is C19H23N3O4. The van der Waals surface area contributed by atoms with Gasteiger partial charge in [0.25, 0.3) is 11.8 Å². The Morgan fingerprint density at radius 1 is 1.08 bits per heavy atom. The maximum atomic E-state index is 12.7. The van der Waals surface area contributed by atoms with E-state index in [1.165, 1.54) is 14.0 Å². The lowest BCUT2D eigenvalue weighted by molar-refractivity contribution is -0.136. The van der Waals surface area contributed by atoms with Crippen molar-refractivity contribution < 1.29 is 19.1 Å². The van der Waals surface area contributed by atoms with Gasteiger partial charge >= 0.3 is 0 Å². The number of carbonyl (C=O) groups is 3. The van der Waals surface area contributed by atoms with Crippen molar-refractivity contribution in [1.82, 2.24) is 9.80 Å². The number of nitrogens with one attached hydrogen (secondary N) is 1. The molecule has 138 valence electrons. The summed E-state index contributed by atoms with van der Waals surface area (Å²) in [5.41, 5.74) is 2.12. The third kappa shape index (κ3) is 3.35. The van der Waals surface area contributed by atoms with E-state index in [0.717, 1.165) is 4.90 Å². The molecule has 2 aliphatic heterocycles. The van der Waals surface area contributed by atoms with E-state index in [1.54, 1.807) is 24.3 Å². The predicted molar refractivity (Wildman–Crippen MR) is 97.0 cm³/mol. The molecule has 1 fully saturated rings. The first-order valence-corrected chi connectivity index (χ1v) is 8.63. The molecule has 0 radical (unpaired) electrons. The molecule has 0 aliphatic carbocycles. The number of nitrogens with zero attached hydrogens (tertiary/aromatic N) is 2. The van der Waals surface area contributed by atoms with E-state index in [9.17, 15) is 14.4 Å². The van der Waals surface area contributed by atoms with Crippen LogP contribution in [0.15, 0.2) is 30.0 Å². The maximum Gasteiger partial charge on any atom is 0.277 e. The highest BCUT2D eigenvalue weighted by Crippen LogP contribution is 2.32. The molecule has 2 atom stereocenters. The van der Waals surface area contributed by atoms with Gasteiger partial charge in [0, 0.05) is 32.7 Å². The summed E-state index contributed by atoms with van der Waals surface area (Å²) in [6, 6.07) is 6.94. The average molecular weight is 357 g/mol. The van der Waals surface area contributed by atoms with Crippen LogP contribution in [-0.4, -0.2) is 59.9 Å². The van der Waals surface area contributed by atoms with Crippen molar-refractivity contribution >= 4 is 29.0 Å². The Labute approximate surface area is 152 Å². The van der Waals surface area contributed by atoms with Gasteiger partial charge in [-0.2, -0.15) is 0 Å². The van der Waals surface area contributed by atoms with Crippen molar-refractivity contribution in [2.24, 2.45) is 0 Å². The topological polar surface area (TPSA) is 79.0 Å². The van der Waals surface area contributed by atoms with Crippen molar-refractivity contribution in [3.8, 4) is 0 Å². The fourth-order valence-electron chi connectivity index (χ4n) is 3.46. The van der Waals surface area contributed by atoms with Crippen LogP contribution >= 0.6 is 0 Å². The fourth-order valence-corrected chi connectivity index (χ4v) is 3.46. The molecule has 0 aromatic heterocycles. The first-order chi connectivity index (χ1) is 12.3. The Morgan fingerprint density at radius 3 is 2.19 bits per heavy atom. The maximum absolute atomic E-state index is 12.7. The lowest BCUT2D eigenvalue weighted by Crippen LogP contribution is -2.46. The van der Waals surface area contributed by atoms with Crippen LogP contribution in [0.2, 0.25) is 0 Å². The van der Waals surface area contributed by atoms with Gasteiger partial charge in [0.2, 0.25) is 5.91 Å². The predicted octanol–water partition coefficient (Wildman–Crippen LogP) is 1.46. The van der Waals surface area contributed by atoms with Gasteiger partial charge in [-0.1, -0.05) is 12.1 Å². The summed E-state index contributed by atoms with van der Waals surface area (Å²) in [4.78, 5) is 39.7. The van der Waals surface area contributed by atoms with Gasteiger partial charge in [0.1, 0.15) is 5.70 Å². The van der Waals surface area contributed by atoms with E-state index in [1.807, 2.05) is 18.7 Å². The number of imide groups is 1. The second-order valence-corrected chi connectivity index (χ2v) is 6.81. The van der Waals surface area contributed by atoms with Crippen LogP contribution in [0.5, 0.6) is 0 Å². The van der Waals surface area contributed by atoms with Crippen LogP contribution in [0.4, 0.5) is 5.69 Å². The quantitative estimate of drug-likeness (QED) is 0.829. The van der Waals surface area contributed by atoms with Crippen LogP contribution in [0, 0.1) is 0 Å². The van der Waals surface area contributed by atoms with Crippen molar-refractivity contribution in [2.75, 3.05) is 25.5 Å². The van der Waals surface area contributed by atoms with Gasteiger partial charge < -0.3 is 15.0 Å². The van der Waals surface area contributed by atoms with Gasteiger partial charge in [0.05, 0.1) is 17.8 Å². The second kappa shape index (κ2) is 6.92. The molecule has 7 heteroatoms. The fraction of sp³-hybridized carbons (Fsp3) is 0.421. The molecule has 1 aromatic rings. The molecule has 0 saturated carbocycles. The molecule has 0 bridgehead atoms. The van der Waals surface area contributed by atoms with E-state index in [-0.39, 0.29) is 29.9 Å². The summed E-state index contributed by atoms with van der Waals surface area (Å²) in [5.74, 6) is -0.776. The molecule has 2 heterocycles. The van der Waals surface area contributed by atoms with Gasteiger partial charge in [-0.3, -0.25) is 19.3 Å². The number of carbonyl (C=O) groups excluding carboxylic acids is 3. The molecular weight excluding hydrogens is 334 g/mol. The van der Waals surface area contributed by atoms with Crippen LogP contribution in [0.3, 0.4) is 0 Å². The number of hydrogen-bond donors (Lipinski definition) is 1. The van der Waals surface area contributed by atoms with Crippen LogP contribution in [0.1, 0.15) is 26.3 Å². The summed E-state index contributed by atoms with van der Waals surface area (Å²) in [7, 11) is 1.50. The van der Waals surface area contributed by atoms with E-state index in [4.69, 9.17) is 4.74 Å². The zero-order valence-corrected chi connectivity index (χ0v) is 15.4. The van der Waals surface area contributed by atoms with E-state index in [2.05, 4.69) is 5.32 Å². The van der Waals surface area contributed by atoms with Gasteiger partial charge in [-0.05, 0) is 31.5 Å². The Balaban J connectivity index is 2.01. The Hall–Kier alpha value is -2.67. The lowest BCUT2D eigenvalue weighted by Gasteiger charge is -2.37. The summed E-state index contributed by atoms with van der Waals surface area (Å²) in [5, 5.41) is 2.69. The SMILES string of the molecule is CC(=O)Nc1ccc(C2=C(N3CC(C)OC(C)C3)C(=O)N(C)C2=O)cc1. The highest BCUT2D eigenvalue weighted by Gasteiger charge is 2.41. The number of ether oxygens (including phenoxy) is 1. The zero-order chi connectivity index (χ0) is 19.0. The number of anilines is 1. The largest absolute Gasteiger partial charge is 0.372 e. The number of morpholine rings is 1. The molecule has 3 rings (SSSR count). The summed E-state index contributed by atoms with van der Waals surface area (Å²) < 4.78 is 5.74. The minimum Gasteiger partial charge on any atom is -0.372 e. The Morgan fingerprint density at radius 2 is 1.65 bits per heavy atom. The minimum atomic E-state index is -0.316. The average Bonchev–Trinajstić information content (AvgIpc) is 2.78. The van der Waals surface area contributed by atoms with Crippen molar-refractivity contribution in [3.05, 3.63) is 35.5 Å². The van der Waals surface area contributed by atoms with Crippen LogP contribution < -0.4 is 5.32 Å². The third-order valence-corrected chi connectivity index (χ3v) is 4.49. The Kier molecular flexibility index (Phi) is 4.82. The number of rotatable bonds is 3. The molecule has 2 unspecified atom stereocenters. The normalized spacial score (nSPS) is 23.7. The van der Waals surface area contributed by atoms with E-state index < -0.39 is 0 Å². The highest BCUT2D eigenvalue weighted by molar-refractivity contribution is 6.35. The summed E-state index contributed by atoms with van der Waals surface area (Å²) >= 11 is 0. The van der Waals surface area contributed by atoms with E-state index in [0.29, 0.717) is 35.6 Å². The molecule has 1 aromatic carbocycles. The number of hydrogen-bond acceptors (Lipinski definition) is 5. The van der Waals surface area contributed by atoms with Crippen molar-refractivity contribution in [3.63, 3.8) is 0 Å². The lowest BCUT2D eigenvalue weighted by atomic mass is 10.0. The van der Waals surface area contributed by atoms with E-state index >= 15 is 0 Å². The first-order valence-electron chi connectivity index (χ1n) is 8.63. The van der Waals surface area contributed by atoms with Crippen LogP contribution in [0.25, 0.3) is 5.57 Å². The molecule has 26 heavy (non-hydrogen) atoms. The first kappa shape index (κ1) is 18.1. The second-order valence-electron chi connectivity index (χ2n) is 6.81. The smallest absolute Gasteiger partial charge is 0.277 e. The Bertz CT molecular complexity index is 774. The highest BCUT2D eigenvalue weighted by atomic mass is 16.5. The molecule has 2 aliphatic rings. The van der Waals surface area contributed by atoms with Gasteiger partial charge in [-0.25, -0.2) is 0 Å². The van der Waals surface area contributed by atoms with Gasteiger partial charge in [-0.15, -0.1) is 0 Å².